The molecule has 8 heteroatoms. The van der Waals surface area contributed by atoms with Crippen LogP contribution in [0.3, 0.4) is 0 Å². The fourth-order valence-corrected chi connectivity index (χ4v) is 2.97. The van der Waals surface area contributed by atoms with Gasteiger partial charge >= 0.3 is 5.97 Å². The smallest absolute Gasteiger partial charge is 0.337 e. The van der Waals surface area contributed by atoms with Crippen LogP contribution in [0.5, 0.6) is 0 Å². The first-order valence-corrected chi connectivity index (χ1v) is 9.34. The Morgan fingerprint density at radius 1 is 1.31 bits per heavy atom. The van der Waals surface area contributed by atoms with Crippen LogP contribution in [0.15, 0.2) is 29.5 Å². The first-order chi connectivity index (χ1) is 13.4. The quantitative estimate of drug-likeness (QED) is 0.213. The molecule has 0 aliphatic rings. The molecule has 1 aromatic rings. The summed E-state index contributed by atoms with van der Waals surface area (Å²) in [7, 11) is 1.53. The first kappa shape index (κ1) is 24.6. The number of amides is 1. The summed E-state index contributed by atoms with van der Waals surface area (Å²) in [6, 6.07) is 2.80. The Hall–Kier alpha value is -2.48. The van der Waals surface area contributed by atoms with E-state index >= 15 is 0 Å². The number of hydrogen-bond donors (Lipinski definition) is 2. The number of aliphatic hydroxyl groups is 1. The number of ether oxygens (including phenoxy) is 1. The van der Waals surface area contributed by atoms with Gasteiger partial charge in [-0.3, -0.25) is 10.2 Å². The van der Waals surface area contributed by atoms with Gasteiger partial charge in [-0.15, -0.1) is 0 Å². The number of hydrogen-bond acceptors (Lipinski definition) is 5. The van der Waals surface area contributed by atoms with E-state index in [-0.39, 0.29) is 35.8 Å². The summed E-state index contributed by atoms with van der Waals surface area (Å²) >= 11 is 0. The fourth-order valence-electron chi connectivity index (χ4n) is 2.97. The van der Waals surface area contributed by atoms with Crippen LogP contribution < -0.4 is 5.43 Å². The van der Waals surface area contributed by atoms with Crippen LogP contribution in [0.25, 0.3) is 0 Å². The van der Waals surface area contributed by atoms with Gasteiger partial charge in [-0.05, 0) is 23.0 Å². The third kappa shape index (κ3) is 6.81. The van der Waals surface area contributed by atoms with Gasteiger partial charge < -0.3 is 9.84 Å². The van der Waals surface area contributed by atoms with Crippen molar-refractivity contribution in [2.75, 3.05) is 13.7 Å². The number of nitrogens with zero attached hydrogens (tertiary/aromatic N) is 1. The van der Waals surface area contributed by atoms with Crippen molar-refractivity contribution in [2.24, 2.45) is 11.3 Å². The number of hydrazine groups is 1. The highest BCUT2D eigenvalue weighted by Gasteiger charge is 2.36. The Bertz CT molecular complexity index is 758. The first-order valence-electron chi connectivity index (χ1n) is 9.34. The zero-order valence-corrected chi connectivity index (χ0v) is 17.8. The molecule has 0 spiro atoms. The third-order valence-electron chi connectivity index (χ3n) is 4.23. The maximum Gasteiger partial charge on any atom is 0.337 e. The zero-order chi connectivity index (χ0) is 22.4. The van der Waals surface area contributed by atoms with E-state index in [4.69, 9.17) is 4.74 Å². The normalized spacial score (nSPS) is 13.9. The van der Waals surface area contributed by atoms with E-state index < -0.39 is 29.1 Å². The highest BCUT2D eigenvalue weighted by Crippen LogP contribution is 2.30. The number of rotatable bonds is 9. The maximum absolute atomic E-state index is 14.2. The van der Waals surface area contributed by atoms with E-state index in [9.17, 15) is 23.5 Å². The van der Waals surface area contributed by atoms with Crippen molar-refractivity contribution in [1.82, 2.24) is 10.4 Å². The predicted molar refractivity (Wildman–Crippen MR) is 106 cm³/mol. The van der Waals surface area contributed by atoms with Crippen LogP contribution >= 0.6 is 0 Å². The van der Waals surface area contributed by atoms with E-state index in [2.05, 4.69) is 5.43 Å². The van der Waals surface area contributed by atoms with Gasteiger partial charge in [-0.25, -0.2) is 18.6 Å². The molecule has 0 aliphatic carbocycles. The Balaban J connectivity index is 3.50. The molecule has 0 saturated heterocycles. The Morgan fingerprint density at radius 3 is 2.45 bits per heavy atom. The third-order valence-corrected chi connectivity index (χ3v) is 4.23. The van der Waals surface area contributed by atoms with Crippen molar-refractivity contribution in [3.8, 4) is 0 Å². The van der Waals surface area contributed by atoms with Crippen LogP contribution in [0.2, 0.25) is 0 Å². The van der Waals surface area contributed by atoms with Gasteiger partial charge in [-0.1, -0.05) is 46.8 Å². The molecule has 1 atom stereocenters. The highest BCUT2D eigenvalue weighted by atomic mass is 19.2. The molecule has 0 heterocycles. The lowest BCUT2D eigenvalue weighted by atomic mass is 9.83. The molecule has 162 valence electrons. The lowest BCUT2D eigenvalue weighted by Crippen LogP contribution is -2.50. The largest absolute Gasteiger partial charge is 0.510 e. The van der Waals surface area contributed by atoms with Gasteiger partial charge in [0.2, 0.25) is 6.41 Å². The van der Waals surface area contributed by atoms with E-state index in [1.807, 2.05) is 13.8 Å². The van der Waals surface area contributed by atoms with Gasteiger partial charge in [0.1, 0.15) is 5.76 Å². The maximum atomic E-state index is 14.2. The van der Waals surface area contributed by atoms with Crippen LogP contribution in [-0.4, -0.2) is 42.2 Å². The number of aliphatic hydroxyl groups excluding tert-OH is 1. The molecule has 29 heavy (non-hydrogen) atoms. The van der Waals surface area contributed by atoms with Crippen LogP contribution in [0.4, 0.5) is 8.78 Å². The molecule has 6 nitrogen and oxygen atoms in total. The summed E-state index contributed by atoms with van der Waals surface area (Å²) in [4.78, 5) is 23.6. The molecule has 1 rings (SSSR count). The monoisotopic (exact) mass is 412 g/mol. The number of carbonyl (C=O) groups excluding carboxylic acids is 2. The number of likely N-dealkylation sites (N-methyl/N-ethyl adjacent to an activating group) is 1. The Morgan fingerprint density at radius 2 is 1.93 bits per heavy atom. The lowest BCUT2D eigenvalue weighted by molar-refractivity contribution is -0.140. The number of esters is 1. The molecule has 0 saturated carbocycles. The number of nitrogens with one attached hydrogen (secondary N) is 1. The van der Waals surface area contributed by atoms with E-state index in [0.717, 1.165) is 6.07 Å². The van der Waals surface area contributed by atoms with Crippen LogP contribution in [0.1, 0.15) is 40.2 Å². The summed E-state index contributed by atoms with van der Waals surface area (Å²) in [5.74, 6) is -3.31. The molecule has 0 radical (unpaired) electrons. The van der Waals surface area contributed by atoms with Crippen molar-refractivity contribution in [1.29, 1.82) is 0 Å². The van der Waals surface area contributed by atoms with Gasteiger partial charge in [-0.2, -0.15) is 0 Å². The molecule has 2 N–H and O–H groups in total. The molecular weight excluding hydrogens is 382 g/mol. The number of halogens is 2. The topological polar surface area (TPSA) is 78.9 Å². The van der Waals surface area contributed by atoms with Gasteiger partial charge in [0.05, 0.1) is 18.2 Å². The van der Waals surface area contributed by atoms with Crippen molar-refractivity contribution >= 4 is 12.4 Å². The Kier molecular flexibility index (Phi) is 8.76. The lowest BCUT2D eigenvalue weighted by Gasteiger charge is -2.37. The summed E-state index contributed by atoms with van der Waals surface area (Å²) in [6.45, 7) is 9.21. The van der Waals surface area contributed by atoms with Gasteiger partial charge in [0.15, 0.2) is 11.6 Å². The standard InChI is InChI=1S/C21H30F2N2O4/c1-13(2)11-29-20(28)15(10-14-8-7-9-16(22)17(14)23)18(27)19(21(3,4)5)25(6)24-12-26/h7-9,12-13,19,27H,10-11H2,1-6H3,(H,24,26)/b18-15-. The Labute approximate surface area is 170 Å². The van der Waals surface area contributed by atoms with E-state index in [1.54, 1.807) is 20.8 Å². The molecule has 0 aromatic heterocycles. The molecule has 0 aliphatic heterocycles. The second-order valence-corrected chi connectivity index (χ2v) is 8.37. The summed E-state index contributed by atoms with van der Waals surface area (Å²) in [5.41, 5.74) is 1.52. The molecule has 1 amide bonds. The molecule has 0 fully saturated rings. The summed E-state index contributed by atoms with van der Waals surface area (Å²) in [5, 5.41) is 12.4. The van der Waals surface area contributed by atoms with Crippen molar-refractivity contribution in [3.63, 3.8) is 0 Å². The van der Waals surface area contributed by atoms with Crippen LogP contribution in [-0.2, 0) is 20.7 Å². The molecule has 0 bridgehead atoms. The van der Waals surface area contributed by atoms with Gasteiger partial charge in [0, 0.05) is 13.5 Å². The number of benzene rings is 1. The summed E-state index contributed by atoms with van der Waals surface area (Å²) in [6.07, 6.45) is 0.0723. The summed E-state index contributed by atoms with van der Waals surface area (Å²) < 4.78 is 33.1. The average Bonchev–Trinajstić information content (AvgIpc) is 2.59. The molecule has 1 unspecified atom stereocenters. The minimum Gasteiger partial charge on any atom is -0.510 e. The zero-order valence-electron chi connectivity index (χ0n) is 17.8. The van der Waals surface area contributed by atoms with Gasteiger partial charge in [0.25, 0.3) is 0 Å². The average molecular weight is 412 g/mol. The number of carbonyl (C=O) groups is 2. The minimum atomic E-state index is -1.10. The molecular formula is C21H30F2N2O4. The molecule has 1 aromatic carbocycles. The van der Waals surface area contributed by atoms with E-state index in [0.29, 0.717) is 6.41 Å². The van der Waals surface area contributed by atoms with E-state index in [1.165, 1.54) is 24.2 Å². The predicted octanol–water partition coefficient (Wildman–Crippen LogP) is 3.53. The van der Waals surface area contributed by atoms with Crippen molar-refractivity contribution in [3.05, 3.63) is 46.7 Å². The minimum absolute atomic E-state index is 0.0473. The van der Waals surface area contributed by atoms with Crippen molar-refractivity contribution in [2.45, 2.75) is 47.1 Å². The fraction of sp³-hybridized carbons (Fsp3) is 0.524. The SMILES string of the molecule is CC(C)COC(=O)/C(Cc1cccc(F)c1F)=C(\O)C(N(C)NC=O)C(C)(C)C. The van der Waals surface area contributed by atoms with Crippen LogP contribution in [0, 0.1) is 23.0 Å². The second kappa shape index (κ2) is 10.3. The highest BCUT2D eigenvalue weighted by molar-refractivity contribution is 5.89. The van der Waals surface area contributed by atoms with Crippen molar-refractivity contribution < 1.29 is 28.2 Å². The second-order valence-electron chi connectivity index (χ2n) is 8.37.